The molecule has 0 aliphatic carbocycles. The smallest absolute Gasteiger partial charge is 0.329 e. The zero-order valence-electron chi connectivity index (χ0n) is 13.0. The van der Waals surface area contributed by atoms with Crippen molar-refractivity contribution >= 4 is 23.2 Å². The Kier molecular flexibility index (Phi) is 6.39. The molecule has 1 fully saturated rings. The summed E-state index contributed by atoms with van der Waals surface area (Å²) in [6.07, 6.45) is 3.07. The van der Waals surface area contributed by atoms with Crippen molar-refractivity contribution in [3.8, 4) is 0 Å². The molecule has 5 nitrogen and oxygen atoms in total. The van der Waals surface area contributed by atoms with Gasteiger partial charge in [0.1, 0.15) is 12.6 Å². The minimum atomic E-state index is -0.641. The third kappa shape index (κ3) is 4.81. The second-order valence-corrected chi connectivity index (χ2v) is 6.74. The highest BCUT2D eigenvalue weighted by Gasteiger charge is 2.27. The molecule has 0 spiro atoms. The van der Waals surface area contributed by atoms with Gasteiger partial charge in [-0.3, -0.25) is 4.79 Å². The average Bonchev–Trinajstić information content (AvgIpc) is 3.05. The summed E-state index contributed by atoms with van der Waals surface area (Å²) in [6.45, 7) is 4.76. The second kappa shape index (κ2) is 8.29. The second-order valence-electron chi connectivity index (χ2n) is 5.79. The maximum Gasteiger partial charge on any atom is 0.329 e. The molecule has 122 valence electrons. The molecule has 1 aliphatic rings. The SMILES string of the molecule is CC(C)C(NC(=O)c1cccs1)C(=O)OCC1CCCCO1. The van der Waals surface area contributed by atoms with Gasteiger partial charge in [-0.05, 0) is 36.6 Å². The highest BCUT2D eigenvalue weighted by molar-refractivity contribution is 7.12. The summed E-state index contributed by atoms with van der Waals surface area (Å²) in [6, 6.07) is 2.90. The van der Waals surface area contributed by atoms with Crippen molar-refractivity contribution < 1.29 is 19.1 Å². The molecule has 0 saturated carbocycles. The van der Waals surface area contributed by atoms with Gasteiger partial charge in [0.2, 0.25) is 0 Å². The third-order valence-corrected chi connectivity index (χ3v) is 4.51. The molecule has 6 heteroatoms. The molecule has 1 aromatic heterocycles. The molecular weight excluding hydrogens is 302 g/mol. The van der Waals surface area contributed by atoms with Crippen molar-refractivity contribution in [3.63, 3.8) is 0 Å². The molecule has 1 N–H and O–H groups in total. The molecule has 1 saturated heterocycles. The predicted molar refractivity (Wildman–Crippen MR) is 85.0 cm³/mol. The van der Waals surface area contributed by atoms with Crippen molar-refractivity contribution in [1.29, 1.82) is 0 Å². The minimum Gasteiger partial charge on any atom is -0.461 e. The fraction of sp³-hybridized carbons (Fsp3) is 0.625. The Balaban J connectivity index is 1.86. The van der Waals surface area contributed by atoms with Gasteiger partial charge in [0, 0.05) is 6.61 Å². The van der Waals surface area contributed by atoms with Crippen LogP contribution in [-0.4, -0.2) is 37.2 Å². The Bertz CT molecular complexity index is 480. The number of rotatable bonds is 6. The van der Waals surface area contributed by atoms with Gasteiger partial charge in [0.05, 0.1) is 11.0 Å². The number of hydrogen-bond acceptors (Lipinski definition) is 5. The van der Waals surface area contributed by atoms with E-state index in [4.69, 9.17) is 9.47 Å². The first-order valence-corrected chi connectivity index (χ1v) is 8.58. The van der Waals surface area contributed by atoms with Crippen LogP contribution in [0.2, 0.25) is 0 Å². The van der Waals surface area contributed by atoms with Crippen LogP contribution in [0.1, 0.15) is 42.8 Å². The maximum absolute atomic E-state index is 12.2. The van der Waals surface area contributed by atoms with E-state index in [1.807, 2.05) is 25.3 Å². The molecule has 2 rings (SSSR count). The molecule has 0 aromatic carbocycles. The van der Waals surface area contributed by atoms with Crippen LogP contribution in [0.5, 0.6) is 0 Å². The molecule has 1 amide bonds. The van der Waals surface area contributed by atoms with E-state index in [1.54, 1.807) is 6.07 Å². The Morgan fingerprint density at radius 2 is 2.27 bits per heavy atom. The van der Waals surface area contributed by atoms with Crippen molar-refractivity contribution in [2.45, 2.75) is 45.3 Å². The lowest BCUT2D eigenvalue weighted by Crippen LogP contribution is -2.45. The van der Waals surface area contributed by atoms with Gasteiger partial charge in [-0.1, -0.05) is 19.9 Å². The van der Waals surface area contributed by atoms with Crippen LogP contribution in [0.3, 0.4) is 0 Å². The number of nitrogens with one attached hydrogen (secondary N) is 1. The van der Waals surface area contributed by atoms with Gasteiger partial charge in [0.15, 0.2) is 0 Å². The summed E-state index contributed by atoms with van der Waals surface area (Å²) < 4.78 is 10.9. The topological polar surface area (TPSA) is 64.6 Å². The van der Waals surface area contributed by atoms with Crippen LogP contribution in [0.4, 0.5) is 0 Å². The number of ether oxygens (including phenoxy) is 2. The maximum atomic E-state index is 12.2. The van der Waals surface area contributed by atoms with Crippen LogP contribution in [0.15, 0.2) is 17.5 Å². The molecule has 1 aromatic rings. The summed E-state index contributed by atoms with van der Waals surface area (Å²) in [5.74, 6) is -0.669. The molecule has 0 radical (unpaired) electrons. The van der Waals surface area contributed by atoms with E-state index in [-0.39, 0.29) is 24.5 Å². The van der Waals surface area contributed by atoms with E-state index >= 15 is 0 Å². The largest absolute Gasteiger partial charge is 0.461 e. The number of thiophene rings is 1. The summed E-state index contributed by atoms with van der Waals surface area (Å²) in [7, 11) is 0. The molecule has 2 atom stereocenters. The van der Waals surface area contributed by atoms with Crippen molar-refractivity contribution in [3.05, 3.63) is 22.4 Å². The molecule has 1 aliphatic heterocycles. The molecule has 2 heterocycles. The molecular formula is C16H23NO4S. The Morgan fingerprint density at radius 1 is 1.45 bits per heavy atom. The lowest BCUT2D eigenvalue weighted by atomic mass is 10.0. The highest BCUT2D eigenvalue weighted by Crippen LogP contribution is 2.14. The van der Waals surface area contributed by atoms with Gasteiger partial charge < -0.3 is 14.8 Å². The van der Waals surface area contributed by atoms with Crippen LogP contribution < -0.4 is 5.32 Å². The van der Waals surface area contributed by atoms with Crippen molar-refractivity contribution in [2.75, 3.05) is 13.2 Å². The molecule has 0 bridgehead atoms. The van der Waals surface area contributed by atoms with E-state index in [0.717, 1.165) is 25.9 Å². The quantitative estimate of drug-likeness (QED) is 0.817. The Morgan fingerprint density at radius 3 is 2.86 bits per heavy atom. The Hall–Kier alpha value is -1.40. The summed E-state index contributed by atoms with van der Waals surface area (Å²) in [5, 5.41) is 4.59. The molecule has 22 heavy (non-hydrogen) atoms. The molecule has 2 unspecified atom stereocenters. The standard InChI is InChI=1S/C16H23NO4S/c1-11(2)14(17-15(18)13-7-5-9-22-13)16(19)21-10-12-6-3-4-8-20-12/h5,7,9,11-12,14H,3-4,6,8,10H2,1-2H3,(H,17,18). The highest BCUT2D eigenvalue weighted by atomic mass is 32.1. The first-order valence-electron chi connectivity index (χ1n) is 7.70. The van der Waals surface area contributed by atoms with E-state index in [2.05, 4.69) is 5.32 Å². The lowest BCUT2D eigenvalue weighted by Gasteiger charge is -2.25. The fourth-order valence-electron chi connectivity index (χ4n) is 2.32. The number of carbonyl (C=O) groups excluding carboxylic acids is 2. The van der Waals surface area contributed by atoms with E-state index in [1.165, 1.54) is 11.3 Å². The van der Waals surface area contributed by atoms with Crippen molar-refractivity contribution in [2.24, 2.45) is 5.92 Å². The van der Waals surface area contributed by atoms with Crippen LogP contribution in [0, 0.1) is 5.92 Å². The summed E-state index contributed by atoms with van der Waals surface area (Å²) >= 11 is 1.35. The zero-order chi connectivity index (χ0) is 15.9. The van der Waals surface area contributed by atoms with Gasteiger partial charge in [-0.25, -0.2) is 4.79 Å². The zero-order valence-corrected chi connectivity index (χ0v) is 13.9. The average molecular weight is 325 g/mol. The van der Waals surface area contributed by atoms with Gasteiger partial charge in [-0.2, -0.15) is 0 Å². The number of carbonyl (C=O) groups is 2. The van der Waals surface area contributed by atoms with E-state index in [9.17, 15) is 9.59 Å². The fourth-order valence-corrected chi connectivity index (χ4v) is 2.95. The van der Waals surface area contributed by atoms with Crippen LogP contribution in [-0.2, 0) is 14.3 Å². The number of hydrogen-bond donors (Lipinski definition) is 1. The first-order chi connectivity index (χ1) is 10.6. The van der Waals surface area contributed by atoms with Gasteiger partial charge in [0.25, 0.3) is 5.91 Å². The third-order valence-electron chi connectivity index (χ3n) is 3.64. The number of amides is 1. The van der Waals surface area contributed by atoms with Crippen molar-refractivity contribution in [1.82, 2.24) is 5.32 Å². The lowest BCUT2D eigenvalue weighted by molar-refractivity contribution is -0.152. The van der Waals surface area contributed by atoms with Crippen LogP contribution >= 0.6 is 11.3 Å². The minimum absolute atomic E-state index is 0.0153. The van der Waals surface area contributed by atoms with Gasteiger partial charge in [-0.15, -0.1) is 11.3 Å². The number of esters is 1. The normalized spacial score (nSPS) is 19.7. The monoisotopic (exact) mass is 325 g/mol. The summed E-state index contributed by atoms with van der Waals surface area (Å²) in [4.78, 5) is 24.9. The predicted octanol–water partition coefficient (Wildman–Crippen LogP) is 2.61. The van der Waals surface area contributed by atoms with Gasteiger partial charge >= 0.3 is 5.97 Å². The van der Waals surface area contributed by atoms with Crippen LogP contribution in [0.25, 0.3) is 0 Å². The Labute approximate surface area is 135 Å². The summed E-state index contributed by atoms with van der Waals surface area (Å²) in [5.41, 5.74) is 0. The first kappa shape index (κ1) is 17.0. The van der Waals surface area contributed by atoms with E-state index < -0.39 is 12.0 Å². The van der Waals surface area contributed by atoms with E-state index in [0.29, 0.717) is 4.88 Å².